The molecule has 0 aromatic heterocycles. The Kier molecular flexibility index (Phi) is 4.87. The zero-order chi connectivity index (χ0) is 18.0. The van der Waals surface area contributed by atoms with E-state index >= 15 is 0 Å². The summed E-state index contributed by atoms with van der Waals surface area (Å²) in [7, 11) is 0. The van der Waals surface area contributed by atoms with Crippen LogP contribution in [0.25, 0.3) is 6.08 Å². The van der Waals surface area contributed by atoms with E-state index in [0.717, 1.165) is 23.9 Å². The number of nitrogens with zero attached hydrogens (tertiary/aromatic N) is 1. The quantitative estimate of drug-likeness (QED) is 0.721. The van der Waals surface area contributed by atoms with Gasteiger partial charge in [-0.25, -0.2) is 4.99 Å². The molecule has 1 fully saturated rings. The van der Waals surface area contributed by atoms with Gasteiger partial charge in [0.25, 0.3) is 5.91 Å². The van der Waals surface area contributed by atoms with Crippen molar-refractivity contribution in [1.29, 1.82) is 0 Å². The number of halogens is 4. The van der Waals surface area contributed by atoms with E-state index in [2.05, 4.69) is 10.3 Å². The minimum atomic E-state index is -4.39. The van der Waals surface area contributed by atoms with Crippen LogP contribution >= 0.6 is 23.4 Å². The summed E-state index contributed by atoms with van der Waals surface area (Å²) >= 11 is 7.12. The predicted molar refractivity (Wildman–Crippen MR) is 93.7 cm³/mol. The highest BCUT2D eigenvalue weighted by Crippen LogP contribution is 2.32. The number of amides is 1. The van der Waals surface area contributed by atoms with Crippen molar-refractivity contribution in [3.63, 3.8) is 0 Å². The molecule has 0 saturated carbocycles. The first-order valence-electron chi connectivity index (χ1n) is 7.04. The molecule has 25 heavy (non-hydrogen) atoms. The number of hydrogen-bond donors (Lipinski definition) is 1. The third-order valence-corrected chi connectivity index (χ3v) is 4.49. The molecule has 0 bridgehead atoms. The molecule has 3 nitrogen and oxygen atoms in total. The highest BCUT2D eigenvalue weighted by atomic mass is 35.5. The van der Waals surface area contributed by atoms with Gasteiger partial charge in [-0.15, -0.1) is 0 Å². The van der Waals surface area contributed by atoms with Crippen LogP contribution in [0, 0.1) is 0 Å². The molecule has 1 aliphatic rings. The largest absolute Gasteiger partial charge is 0.416 e. The van der Waals surface area contributed by atoms with E-state index in [9.17, 15) is 18.0 Å². The summed E-state index contributed by atoms with van der Waals surface area (Å²) < 4.78 is 37.7. The fourth-order valence-electron chi connectivity index (χ4n) is 2.05. The number of benzene rings is 2. The highest BCUT2D eigenvalue weighted by molar-refractivity contribution is 8.18. The van der Waals surface area contributed by atoms with Gasteiger partial charge in [0, 0.05) is 0 Å². The fourth-order valence-corrected chi connectivity index (χ4v) is 3.06. The molecule has 2 aromatic carbocycles. The van der Waals surface area contributed by atoms with Crippen molar-refractivity contribution in [3.8, 4) is 0 Å². The molecular formula is C17H10ClF3N2OS. The van der Waals surface area contributed by atoms with E-state index in [1.807, 2.05) is 0 Å². The fraction of sp³-hybridized carbons (Fsp3) is 0.0588. The summed E-state index contributed by atoms with van der Waals surface area (Å²) in [6.07, 6.45) is -2.88. The molecule has 8 heteroatoms. The van der Waals surface area contributed by atoms with Crippen LogP contribution in [0.15, 0.2) is 58.4 Å². The lowest BCUT2D eigenvalue weighted by atomic mass is 10.1. The lowest BCUT2D eigenvalue weighted by Crippen LogP contribution is -2.19. The Morgan fingerprint density at radius 3 is 2.40 bits per heavy atom. The maximum Gasteiger partial charge on any atom is 0.416 e. The minimum absolute atomic E-state index is 0.338. The maximum absolute atomic E-state index is 12.6. The summed E-state index contributed by atoms with van der Waals surface area (Å²) in [5, 5.41) is 3.41. The van der Waals surface area contributed by atoms with Crippen molar-refractivity contribution >= 4 is 46.2 Å². The number of rotatable bonds is 2. The Morgan fingerprint density at radius 2 is 1.76 bits per heavy atom. The van der Waals surface area contributed by atoms with Gasteiger partial charge in [-0.05, 0) is 47.7 Å². The normalized spacial score (nSPS) is 18.0. The molecule has 1 amide bonds. The molecule has 0 aliphatic carbocycles. The topological polar surface area (TPSA) is 41.5 Å². The third-order valence-electron chi connectivity index (χ3n) is 3.26. The second kappa shape index (κ2) is 6.93. The summed E-state index contributed by atoms with van der Waals surface area (Å²) in [6, 6.07) is 11.5. The van der Waals surface area contributed by atoms with Crippen molar-refractivity contribution < 1.29 is 18.0 Å². The number of carbonyl (C=O) groups is 1. The first-order valence-corrected chi connectivity index (χ1v) is 8.24. The molecule has 1 heterocycles. The number of para-hydroxylation sites is 1. The van der Waals surface area contributed by atoms with Crippen molar-refractivity contribution in [2.45, 2.75) is 6.18 Å². The molecule has 3 rings (SSSR count). The Morgan fingerprint density at radius 1 is 1.08 bits per heavy atom. The lowest BCUT2D eigenvalue weighted by Gasteiger charge is -2.06. The zero-order valence-corrected chi connectivity index (χ0v) is 14.0. The van der Waals surface area contributed by atoms with E-state index in [-0.39, 0.29) is 5.91 Å². The molecule has 2 aromatic rings. The number of alkyl halides is 3. The van der Waals surface area contributed by atoms with Gasteiger partial charge in [-0.3, -0.25) is 4.79 Å². The highest BCUT2D eigenvalue weighted by Gasteiger charge is 2.30. The molecule has 128 valence electrons. The second-order valence-electron chi connectivity index (χ2n) is 5.05. The summed E-state index contributed by atoms with van der Waals surface area (Å²) in [4.78, 5) is 16.6. The van der Waals surface area contributed by atoms with E-state index in [1.54, 1.807) is 24.3 Å². The molecule has 0 atom stereocenters. The van der Waals surface area contributed by atoms with Crippen LogP contribution in [0.3, 0.4) is 0 Å². The van der Waals surface area contributed by atoms with Crippen LogP contribution in [0.4, 0.5) is 18.9 Å². The molecule has 1 N–H and O–H groups in total. The molecule has 0 radical (unpaired) electrons. The first-order chi connectivity index (χ1) is 11.8. The number of carbonyl (C=O) groups excluding carboxylic acids is 1. The smallest absolute Gasteiger partial charge is 0.300 e. The summed E-state index contributed by atoms with van der Waals surface area (Å²) in [5.41, 5.74) is 0.270. The van der Waals surface area contributed by atoms with Gasteiger partial charge in [-0.2, -0.15) is 13.2 Å². The number of thioether (sulfide) groups is 1. The Labute approximate surface area is 150 Å². The van der Waals surface area contributed by atoms with Gasteiger partial charge in [0.05, 0.1) is 21.2 Å². The number of amidine groups is 1. The first kappa shape index (κ1) is 17.6. The van der Waals surface area contributed by atoms with Gasteiger partial charge >= 0.3 is 6.18 Å². The van der Waals surface area contributed by atoms with E-state index in [0.29, 0.717) is 26.3 Å². The number of nitrogens with one attached hydrogen (secondary N) is 1. The van der Waals surface area contributed by atoms with Gasteiger partial charge in [0.15, 0.2) is 5.17 Å². The minimum Gasteiger partial charge on any atom is -0.300 e. The van der Waals surface area contributed by atoms with Gasteiger partial charge in [0.2, 0.25) is 0 Å². The lowest BCUT2D eigenvalue weighted by molar-refractivity contribution is -0.137. The van der Waals surface area contributed by atoms with Gasteiger partial charge in [-0.1, -0.05) is 35.9 Å². The Bertz CT molecular complexity index is 876. The zero-order valence-electron chi connectivity index (χ0n) is 12.5. The number of hydrogen-bond acceptors (Lipinski definition) is 3. The monoisotopic (exact) mass is 382 g/mol. The van der Waals surface area contributed by atoms with Crippen molar-refractivity contribution in [2.24, 2.45) is 4.99 Å². The predicted octanol–water partition coefficient (Wildman–Crippen LogP) is 5.25. The molecule has 1 saturated heterocycles. The summed E-state index contributed by atoms with van der Waals surface area (Å²) in [6.45, 7) is 0. The summed E-state index contributed by atoms with van der Waals surface area (Å²) in [5.74, 6) is -0.365. The van der Waals surface area contributed by atoms with E-state index in [4.69, 9.17) is 11.6 Å². The Hall–Kier alpha value is -2.25. The molecule has 1 aliphatic heterocycles. The van der Waals surface area contributed by atoms with Crippen LogP contribution in [0.5, 0.6) is 0 Å². The SMILES string of the molecule is O=C1NC(=Nc2ccccc2Cl)S/C1=C\c1ccc(C(F)(F)F)cc1. The van der Waals surface area contributed by atoms with Gasteiger partial charge < -0.3 is 5.32 Å². The third kappa shape index (κ3) is 4.24. The van der Waals surface area contributed by atoms with Crippen molar-refractivity contribution in [3.05, 3.63) is 69.6 Å². The average molecular weight is 383 g/mol. The molecule has 0 unspecified atom stereocenters. The number of aliphatic imine (C=N–C) groups is 1. The molecular weight excluding hydrogens is 373 g/mol. The Balaban J connectivity index is 1.81. The maximum atomic E-state index is 12.6. The van der Waals surface area contributed by atoms with Crippen LogP contribution in [-0.4, -0.2) is 11.1 Å². The van der Waals surface area contributed by atoms with Crippen LogP contribution in [0.1, 0.15) is 11.1 Å². The average Bonchev–Trinajstić information content (AvgIpc) is 2.89. The standard InChI is InChI=1S/C17H10ClF3N2OS/c18-12-3-1-2-4-13(12)22-16-23-15(24)14(25-16)9-10-5-7-11(8-6-10)17(19,20)21/h1-9H,(H,22,23,24)/b14-9-. The van der Waals surface area contributed by atoms with Crippen molar-refractivity contribution in [1.82, 2.24) is 5.32 Å². The van der Waals surface area contributed by atoms with Crippen LogP contribution in [0.2, 0.25) is 5.02 Å². The van der Waals surface area contributed by atoms with Crippen LogP contribution in [-0.2, 0) is 11.0 Å². The van der Waals surface area contributed by atoms with E-state index in [1.165, 1.54) is 18.2 Å². The molecule has 0 spiro atoms. The van der Waals surface area contributed by atoms with Crippen molar-refractivity contribution in [2.75, 3.05) is 0 Å². The van der Waals surface area contributed by atoms with Gasteiger partial charge in [0.1, 0.15) is 0 Å². The van der Waals surface area contributed by atoms with E-state index < -0.39 is 11.7 Å². The second-order valence-corrected chi connectivity index (χ2v) is 6.49. The van der Waals surface area contributed by atoms with Crippen LogP contribution < -0.4 is 5.32 Å².